The van der Waals surface area contributed by atoms with Crippen LogP contribution in [0.25, 0.3) is 11.4 Å². The van der Waals surface area contributed by atoms with Gasteiger partial charge in [-0.05, 0) is 31.9 Å². The Labute approximate surface area is 113 Å². The monoisotopic (exact) mass is 357 g/mol. The first-order valence-corrected chi connectivity index (χ1v) is 6.10. The zero-order valence-corrected chi connectivity index (χ0v) is 11.5. The molecule has 0 N–H and O–H groups in total. The zero-order chi connectivity index (χ0) is 12.4. The second-order valence-electron chi connectivity index (χ2n) is 3.14. The van der Waals surface area contributed by atoms with Crippen LogP contribution in [0.5, 0.6) is 0 Å². The van der Waals surface area contributed by atoms with E-state index in [9.17, 15) is 10.1 Å². The molecule has 1 heterocycles. The van der Waals surface area contributed by atoms with E-state index in [-0.39, 0.29) is 5.69 Å². The molecule has 0 radical (unpaired) electrons. The highest BCUT2D eigenvalue weighted by atomic mass is 79.9. The lowest BCUT2D eigenvalue weighted by molar-refractivity contribution is -0.384. The first-order chi connectivity index (χ1) is 8.06. The summed E-state index contributed by atoms with van der Waals surface area (Å²) in [5, 5.41) is 10.7. The summed E-state index contributed by atoms with van der Waals surface area (Å²) in [6.07, 6.45) is 0. The number of nitro groups is 1. The van der Waals surface area contributed by atoms with Crippen molar-refractivity contribution in [2.75, 3.05) is 0 Å². The minimum absolute atomic E-state index is 0.0159. The Morgan fingerprint density at radius 1 is 1.12 bits per heavy atom. The summed E-state index contributed by atoms with van der Waals surface area (Å²) in [5.41, 5.74) is 0.614. The van der Waals surface area contributed by atoms with E-state index in [1.807, 2.05) is 0 Å². The summed E-state index contributed by atoms with van der Waals surface area (Å²) < 4.78 is 1.22. The Kier molecular flexibility index (Phi) is 3.49. The maximum atomic E-state index is 10.7. The summed E-state index contributed by atoms with van der Waals surface area (Å²) in [6, 6.07) is 7.89. The zero-order valence-electron chi connectivity index (χ0n) is 8.30. The fourth-order valence-electron chi connectivity index (χ4n) is 1.28. The third-order valence-electron chi connectivity index (χ3n) is 1.98. The van der Waals surface area contributed by atoms with E-state index in [4.69, 9.17) is 0 Å². The van der Waals surface area contributed by atoms with Gasteiger partial charge in [0, 0.05) is 23.8 Å². The van der Waals surface area contributed by atoms with Crippen LogP contribution >= 0.6 is 31.9 Å². The number of benzene rings is 1. The van der Waals surface area contributed by atoms with Crippen molar-refractivity contribution in [3.63, 3.8) is 0 Å². The molecule has 0 saturated carbocycles. The number of hydrogen-bond acceptors (Lipinski definition) is 4. The van der Waals surface area contributed by atoms with E-state index >= 15 is 0 Å². The smallest absolute Gasteiger partial charge is 0.258 e. The first-order valence-electron chi connectivity index (χ1n) is 4.51. The van der Waals surface area contributed by atoms with Crippen molar-refractivity contribution >= 4 is 37.5 Å². The molecule has 0 aliphatic rings. The second kappa shape index (κ2) is 4.89. The van der Waals surface area contributed by atoms with E-state index in [0.717, 1.165) is 0 Å². The van der Waals surface area contributed by atoms with Crippen molar-refractivity contribution in [1.29, 1.82) is 0 Å². The van der Waals surface area contributed by atoms with Crippen LogP contribution in [0.15, 0.2) is 39.5 Å². The summed E-state index contributed by atoms with van der Waals surface area (Å²) >= 11 is 6.49. The molecule has 1 aromatic heterocycles. The molecule has 7 heteroatoms. The molecule has 0 aliphatic heterocycles. The highest BCUT2D eigenvalue weighted by Gasteiger charge is 2.10. The van der Waals surface area contributed by atoms with Crippen molar-refractivity contribution in [3.05, 3.63) is 49.7 Å². The molecule has 17 heavy (non-hydrogen) atoms. The topological polar surface area (TPSA) is 68.9 Å². The standard InChI is InChI=1S/C10H5Br2N3O2/c11-8-5-9(12)14-10(13-8)6-2-1-3-7(4-6)15(16)17/h1-5H. The number of nitro benzene ring substituents is 1. The lowest BCUT2D eigenvalue weighted by Crippen LogP contribution is -1.92. The van der Waals surface area contributed by atoms with Crippen LogP contribution in [-0.4, -0.2) is 14.9 Å². The Bertz CT molecular complexity index is 569. The van der Waals surface area contributed by atoms with Crippen molar-refractivity contribution in [1.82, 2.24) is 9.97 Å². The molecule has 2 aromatic rings. The molecule has 0 fully saturated rings. The third kappa shape index (κ3) is 2.86. The van der Waals surface area contributed by atoms with Gasteiger partial charge in [-0.3, -0.25) is 10.1 Å². The molecule has 0 saturated heterocycles. The van der Waals surface area contributed by atoms with E-state index in [1.165, 1.54) is 12.1 Å². The quantitative estimate of drug-likeness (QED) is 0.467. The number of aromatic nitrogens is 2. The molecule has 1 aromatic carbocycles. The molecule has 0 bridgehead atoms. The molecule has 0 aliphatic carbocycles. The number of non-ortho nitro benzene ring substituents is 1. The van der Waals surface area contributed by atoms with E-state index in [1.54, 1.807) is 18.2 Å². The van der Waals surface area contributed by atoms with Gasteiger partial charge in [0.1, 0.15) is 9.21 Å². The lowest BCUT2D eigenvalue weighted by atomic mass is 10.2. The maximum absolute atomic E-state index is 10.7. The molecule has 86 valence electrons. The molecule has 5 nitrogen and oxygen atoms in total. The molecule has 2 rings (SSSR count). The lowest BCUT2D eigenvalue weighted by Gasteiger charge is -2.01. The van der Waals surface area contributed by atoms with Gasteiger partial charge in [0.15, 0.2) is 5.82 Å². The van der Waals surface area contributed by atoms with Crippen molar-refractivity contribution in [3.8, 4) is 11.4 Å². The number of rotatable bonds is 2. The predicted octanol–water partition coefficient (Wildman–Crippen LogP) is 3.58. The fourth-order valence-corrected chi connectivity index (χ4v) is 2.35. The van der Waals surface area contributed by atoms with E-state index in [2.05, 4.69) is 41.8 Å². The van der Waals surface area contributed by atoms with Crippen LogP contribution in [0, 0.1) is 10.1 Å². The average molecular weight is 359 g/mol. The first kappa shape index (κ1) is 12.1. The highest BCUT2D eigenvalue weighted by molar-refractivity contribution is 9.11. The van der Waals surface area contributed by atoms with E-state index < -0.39 is 4.92 Å². The van der Waals surface area contributed by atoms with Crippen LogP contribution < -0.4 is 0 Å². The van der Waals surface area contributed by atoms with Crippen LogP contribution in [0.2, 0.25) is 0 Å². The SMILES string of the molecule is O=[N+]([O-])c1cccc(-c2nc(Br)cc(Br)n2)c1. The Morgan fingerprint density at radius 3 is 2.35 bits per heavy atom. The minimum Gasteiger partial charge on any atom is -0.258 e. The van der Waals surface area contributed by atoms with Gasteiger partial charge in [-0.25, -0.2) is 9.97 Å². The van der Waals surface area contributed by atoms with Crippen LogP contribution in [0.1, 0.15) is 0 Å². The number of halogens is 2. The van der Waals surface area contributed by atoms with Crippen molar-refractivity contribution in [2.45, 2.75) is 0 Å². The summed E-state index contributed by atoms with van der Waals surface area (Å²) in [6.45, 7) is 0. The van der Waals surface area contributed by atoms with Gasteiger partial charge in [-0.15, -0.1) is 0 Å². The molecular formula is C10H5Br2N3O2. The maximum Gasteiger partial charge on any atom is 0.270 e. The number of nitrogens with zero attached hydrogens (tertiary/aromatic N) is 3. The molecule has 0 atom stereocenters. The minimum atomic E-state index is -0.448. The van der Waals surface area contributed by atoms with Gasteiger partial charge in [-0.1, -0.05) is 12.1 Å². The summed E-state index contributed by atoms with van der Waals surface area (Å²) in [7, 11) is 0. The Balaban J connectivity index is 2.52. The van der Waals surface area contributed by atoms with Gasteiger partial charge in [0.05, 0.1) is 4.92 Å². The average Bonchev–Trinajstić information content (AvgIpc) is 2.28. The third-order valence-corrected chi connectivity index (χ3v) is 2.79. The van der Waals surface area contributed by atoms with E-state index in [0.29, 0.717) is 20.6 Å². The summed E-state index contributed by atoms with van der Waals surface area (Å²) in [4.78, 5) is 18.5. The van der Waals surface area contributed by atoms with Gasteiger partial charge < -0.3 is 0 Å². The second-order valence-corrected chi connectivity index (χ2v) is 4.77. The molecule has 0 amide bonds. The van der Waals surface area contributed by atoms with Crippen LogP contribution in [0.3, 0.4) is 0 Å². The molecular weight excluding hydrogens is 354 g/mol. The van der Waals surface area contributed by atoms with Gasteiger partial charge in [0.25, 0.3) is 5.69 Å². The summed E-state index contributed by atoms with van der Waals surface area (Å²) in [5.74, 6) is 0.426. The number of hydrogen-bond donors (Lipinski definition) is 0. The van der Waals surface area contributed by atoms with Crippen molar-refractivity contribution in [2.24, 2.45) is 0 Å². The van der Waals surface area contributed by atoms with Gasteiger partial charge in [0.2, 0.25) is 0 Å². The molecule has 0 unspecified atom stereocenters. The fraction of sp³-hybridized carbons (Fsp3) is 0. The van der Waals surface area contributed by atoms with Crippen molar-refractivity contribution < 1.29 is 4.92 Å². The van der Waals surface area contributed by atoms with Gasteiger partial charge >= 0.3 is 0 Å². The highest BCUT2D eigenvalue weighted by Crippen LogP contribution is 2.23. The van der Waals surface area contributed by atoms with Gasteiger partial charge in [-0.2, -0.15) is 0 Å². The predicted molar refractivity (Wildman–Crippen MR) is 69.5 cm³/mol. The normalized spacial score (nSPS) is 10.2. The Hall–Kier alpha value is -1.34. The van der Waals surface area contributed by atoms with Crippen LogP contribution in [-0.2, 0) is 0 Å². The Morgan fingerprint density at radius 2 is 1.76 bits per heavy atom. The molecule has 0 spiro atoms. The van der Waals surface area contributed by atoms with Crippen LogP contribution in [0.4, 0.5) is 5.69 Å². The largest absolute Gasteiger partial charge is 0.270 e.